The van der Waals surface area contributed by atoms with Gasteiger partial charge in [-0.2, -0.15) is 0 Å². The second kappa shape index (κ2) is 3.81. The van der Waals surface area contributed by atoms with E-state index in [1.54, 1.807) is 0 Å². The van der Waals surface area contributed by atoms with Gasteiger partial charge in [0.2, 0.25) is 0 Å². The first-order valence-corrected chi connectivity index (χ1v) is 4.92. The van der Waals surface area contributed by atoms with Crippen LogP contribution in [0, 0.1) is 0 Å². The molecule has 4 nitrogen and oxygen atoms in total. The minimum Gasteiger partial charge on any atom is -0.378 e. The number of nitrogens with zero attached hydrogens (tertiary/aromatic N) is 1. The fourth-order valence-electron chi connectivity index (χ4n) is 1.57. The Morgan fingerprint density at radius 3 is 2.12 bits per heavy atom. The molecule has 0 aromatic heterocycles. The average molecular weight is 216 g/mol. The number of imide groups is 1. The number of anilines is 1. The van der Waals surface area contributed by atoms with Crippen LogP contribution in [0.4, 0.5) is 5.69 Å². The summed E-state index contributed by atoms with van der Waals surface area (Å²) in [5, 5.41) is 2.22. The highest BCUT2D eigenvalue weighted by Crippen LogP contribution is 2.21. The molecule has 0 unspecified atom stereocenters. The minimum absolute atomic E-state index is 0.331. The summed E-state index contributed by atoms with van der Waals surface area (Å²) in [6.45, 7) is 0. The van der Waals surface area contributed by atoms with Crippen LogP contribution in [0.3, 0.4) is 0 Å². The Hall–Kier alpha value is -2.10. The third kappa shape index (κ3) is 1.82. The summed E-state index contributed by atoms with van der Waals surface area (Å²) in [5.41, 5.74) is 2.23. The van der Waals surface area contributed by atoms with Crippen LogP contribution in [0.2, 0.25) is 0 Å². The van der Waals surface area contributed by atoms with Crippen molar-refractivity contribution in [3.05, 3.63) is 35.9 Å². The van der Waals surface area contributed by atoms with Crippen LogP contribution in [0.1, 0.15) is 5.56 Å². The maximum absolute atomic E-state index is 11.4. The van der Waals surface area contributed by atoms with Crippen molar-refractivity contribution < 1.29 is 9.59 Å². The van der Waals surface area contributed by atoms with Crippen molar-refractivity contribution in [2.75, 3.05) is 19.0 Å². The van der Waals surface area contributed by atoms with Crippen LogP contribution < -0.4 is 10.2 Å². The van der Waals surface area contributed by atoms with Gasteiger partial charge >= 0.3 is 0 Å². The first-order valence-electron chi connectivity index (χ1n) is 4.92. The number of rotatable bonds is 2. The fraction of sp³-hybridized carbons (Fsp3) is 0.167. The molecule has 0 radical (unpaired) electrons. The summed E-state index contributed by atoms with van der Waals surface area (Å²) in [6.07, 6.45) is 1.33. The van der Waals surface area contributed by atoms with Crippen LogP contribution in [0.25, 0.3) is 5.57 Å². The molecule has 16 heavy (non-hydrogen) atoms. The van der Waals surface area contributed by atoms with Crippen LogP contribution in [-0.2, 0) is 9.59 Å². The molecule has 0 bridgehead atoms. The first kappa shape index (κ1) is 10.4. The van der Waals surface area contributed by atoms with Crippen molar-refractivity contribution in [2.45, 2.75) is 0 Å². The van der Waals surface area contributed by atoms with Gasteiger partial charge in [-0.25, -0.2) is 0 Å². The van der Waals surface area contributed by atoms with Crippen LogP contribution in [0.15, 0.2) is 30.3 Å². The Morgan fingerprint density at radius 1 is 1.06 bits per heavy atom. The molecular formula is C12H12N2O2. The van der Waals surface area contributed by atoms with Gasteiger partial charge in [0, 0.05) is 25.9 Å². The van der Waals surface area contributed by atoms with Gasteiger partial charge in [0.05, 0.1) is 5.57 Å². The fourth-order valence-corrected chi connectivity index (χ4v) is 1.57. The maximum Gasteiger partial charge on any atom is 0.258 e. The van der Waals surface area contributed by atoms with Gasteiger partial charge < -0.3 is 4.90 Å². The second-order valence-electron chi connectivity index (χ2n) is 3.82. The lowest BCUT2D eigenvalue weighted by Crippen LogP contribution is -2.21. The van der Waals surface area contributed by atoms with E-state index < -0.39 is 0 Å². The topological polar surface area (TPSA) is 49.4 Å². The number of amides is 2. The van der Waals surface area contributed by atoms with Gasteiger partial charge in [0.25, 0.3) is 11.8 Å². The number of benzene rings is 1. The van der Waals surface area contributed by atoms with E-state index in [0.29, 0.717) is 5.57 Å². The predicted molar refractivity (Wildman–Crippen MR) is 61.9 cm³/mol. The molecule has 0 spiro atoms. The molecule has 1 aromatic carbocycles. The Bertz CT molecular complexity index is 472. The molecule has 1 aromatic rings. The van der Waals surface area contributed by atoms with E-state index in [0.717, 1.165) is 11.3 Å². The van der Waals surface area contributed by atoms with E-state index in [2.05, 4.69) is 5.32 Å². The summed E-state index contributed by atoms with van der Waals surface area (Å²) >= 11 is 0. The van der Waals surface area contributed by atoms with Crippen molar-refractivity contribution in [1.82, 2.24) is 5.32 Å². The molecule has 0 saturated heterocycles. The molecule has 2 rings (SSSR count). The average Bonchev–Trinajstić information content (AvgIpc) is 2.58. The van der Waals surface area contributed by atoms with Gasteiger partial charge in [-0.1, -0.05) is 12.1 Å². The van der Waals surface area contributed by atoms with E-state index in [9.17, 15) is 9.59 Å². The molecule has 1 aliphatic rings. The van der Waals surface area contributed by atoms with Crippen molar-refractivity contribution in [1.29, 1.82) is 0 Å². The van der Waals surface area contributed by atoms with E-state index >= 15 is 0 Å². The molecule has 0 aliphatic carbocycles. The predicted octanol–water partition coefficient (Wildman–Crippen LogP) is 0.792. The Labute approximate surface area is 93.6 Å². The molecule has 0 saturated carbocycles. The summed E-state index contributed by atoms with van der Waals surface area (Å²) in [7, 11) is 3.89. The number of carbonyl (C=O) groups is 2. The van der Waals surface area contributed by atoms with Gasteiger partial charge in [0.1, 0.15) is 0 Å². The molecule has 0 atom stereocenters. The van der Waals surface area contributed by atoms with Gasteiger partial charge in [-0.05, 0) is 17.7 Å². The third-order valence-corrected chi connectivity index (χ3v) is 2.45. The number of nitrogens with one attached hydrogen (secondary N) is 1. The molecule has 82 valence electrons. The zero-order valence-corrected chi connectivity index (χ0v) is 9.15. The van der Waals surface area contributed by atoms with Crippen LogP contribution in [-0.4, -0.2) is 25.9 Å². The quantitative estimate of drug-likeness (QED) is 0.744. The normalized spacial score (nSPS) is 14.8. The molecule has 2 amide bonds. The molecule has 0 fully saturated rings. The molecule has 1 aliphatic heterocycles. The summed E-state index contributed by atoms with van der Waals surface area (Å²) in [6, 6.07) is 7.48. The van der Waals surface area contributed by atoms with Crippen molar-refractivity contribution >= 4 is 23.1 Å². The van der Waals surface area contributed by atoms with Crippen LogP contribution >= 0.6 is 0 Å². The lowest BCUT2D eigenvalue weighted by Gasteiger charge is -2.12. The molecule has 1 N–H and O–H groups in total. The lowest BCUT2D eigenvalue weighted by atomic mass is 10.1. The largest absolute Gasteiger partial charge is 0.378 e. The van der Waals surface area contributed by atoms with E-state index in [1.807, 2.05) is 43.3 Å². The minimum atomic E-state index is -0.350. The molecule has 1 heterocycles. The third-order valence-electron chi connectivity index (χ3n) is 2.45. The van der Waals surface area contributed by atoms with Crippen molar-refractivity contribution in [3.63, 3.8) is 0 Å². The monoisotopic (exact) mass is 216 g/mol. The lowest BCUT2D eigenvalue weighted by molar-refractivity contribution is -0.123. The zero-order valence-electron chi connectivity index (χ0n) is 9.15. The Balaban J connectivity index is 2.32. The standard InChI is InChI=1S/C12H12N2O2/c1-14(2)9-5-3-8(4-6-9)10-7-11(15)13-12(10)16/h3-7H,1-2H3,(H,13,15,16). The summed E-state index contributed by atoms with van der Waals surface area (Å²) < 4.78 is 0. The highest BCUT2D eigenvalue weighted by molar-refractivity contribution is 6.33. The number of carbonyl (C=O) groups excluding carboxylic acids is 2. The maximum atomic E-state index is 11.4. The molecule has 4 heteroatoms. The second-order valence-corrected chi connectivity index (χ2v) is 3.82. The highest BCUT2D eigenvalue weighted by Gasteiger charge is 2.21. The molecular weight excluding hydrogens is 204 g/mol. The summed E-state index contributed by atoms with van der Waals surface area (Å²) in [4.78, 5) is 24.4. The van der Waals surface area contributed by atoms with E-state index in [-0.39, 0.29) is 11.8 Å². The van der Waals surface area contributed by atoms with Crippen molar-refractivity contribution in [3.8, 4) is 0 Å². The number of hydrogen-bond donors (Lipinski definition) is 1. The summed E-state index contributed by atoms with van der Waals surface area (Å²) in [5.74, 6) is -0.681. The smallest absolute Gasteiger partial charge is 0.258 e. The first-order chi connectivity index (χ1) is 7.58. The van der Waals surface area contributed by atoms with E-state index in [4.69, 9.17) is 0 Å². The Kier molecular flexibility index (Phi) is 2.48. The Morgan fingerprint density at radius 2 is 1.69 bits per heavy atom. The van der Waals surface area contributed by atoms with E-state index in [1.165, 1.54) is 6.08 Å². The number of hydrogen-bond acceptors (Lipinski definition) is 3. The van der Waals surface area contributed by atoms with Gasteiger partial charge in [0.15, 0.2) is 0 Å². The van der Waals surface area contributed by atoms with Crippen molar-refractivity contribution in [2.24, 2.45) is 0 Å². The van der Waals surface area contributed by atoms with Gasteiger partial charge in [-0.3, -0.25) is 14.9 Å². The zero-order chi connectivity index (χ0) is 11.7. The van der Waals surface area contributed by atoms with Gasteiger partial charge in [-0.15, -0.1) is 0 Å². The highest BCUT2D eigenvalue weighted by atomic mass is 16.2. The SMILES string of the molecule is CN(C)c1ccc(C2=CC(=O)NC2=O)cc1. The van der Waals surface area contributed by atoms with Crippen LogP contribution in [0.5, 0.6) is 0 Å².